The fraction of sp³-hybridized carbons (Fsp3) is 1.00. The van der Waals surface area contributed by atoms with E-state index in [9.17, 15) is 54.1 Å². The summed E-state index contributed by atoms with van der Waals surface area (Å²) in [5.74, 6) is -7.95. The molecule has 2 atom stereocenters. The highest BCUT2D eigenvalue weighted by Crippen LogP contribution is 2.35. The molecule has 0 aliphatic rings. The number of halogens is 10. The van der Waals surface area contributed by atoms with Crippen molar-refractivity contribution in [1.29, 1.82) is 0 Å². The molecule has 0 bridgehead atoms. The quantitative estimate of drug-likeness (QED) is 0.113. The second-order valence-electron chi connectivity index (χ2n) is 12.0. The predicted molar refractivity (Wildman–Crippen MR) is 128 cm³/mol. The van der Waals surface area contributed by atoms with Crippen LogP contribution < -0.4 is 0 Å². The fourth-order valence-electron chi connectivity index (χ4n) is 3.30. The number of ether oxygens (including phenoxy) is 4. The summed E-state index contributed by atoms with van der Waals surface area (Å²) >= 11 is 0. The SMILES string of the molecule is CC(C)(COCC(C)(CO)COCCC(F)(F)CC(F)(F)F)COCC(C)(CO)COCCC(F)(F)CC(F)(F)F. The maximum absolute atomic E-state index is 13.4. The highest BCUT2D eigenvalue weighted by atomic mass is 19.4. The molecular weight excluding hydrogens is 586 g/mol. The van der Waals surface area contributed by atoms with Crippen LogP contribution in [-0.4, -0.2) is 100 Å². The third-order valence-electron chi connectivity index (χ3n) is 5.69. The number of hydrogen-bond donors (Lipinski definition) is 2. The molecule has 2 N–H and O–H groups in total. The predicted octanol–water partition coefficient (Wildman–Crippen LogP) is 6.03. The summed E-state index contributed by atoms with van der Waals surface area (Å²) in [5, 5.41) is 19.3. The highest BCUT2D eigenvalue weighted by Gasteiger charge is 2.44. The van der Waals surface area contributed by atoms with Crippen LogP contribution in [0.1, 0.15) is 53.4 Å². The van der Waals surface area contributed by atoms with Gasteiger partial charge in [0.15, 0.2) is 0 Å². The highest BCUT2D eigenvalue weighted by molar-refractivity contribution is 4.77. The smallest absolute Gasteiger partial charge is 0.394 e. The monoisotopic (exact) mass is 628 g/mol. The third kappa shape index (κ3) is 20.6. The summed E-state index contributed by atoms with van der Waals surface area (Å²) in [4.78, 5) is 0. The van der Waals surface area contributed by atoms with Crippen molar-refractivity contribution in [1.82, 2.24) is 0 Å². The third-order valence-corrected chi connectivity index (χ3v) is 5.69. The van der Waals surface area contributed by atoms with Crippen molar-refractivity contribution >= 4 is 0 Å². The van der Waals surface area contributed by atoms with Gasteiger partial charge in [0.2, 0.25) is 0 Å². The van der Waals surface area contributed by atoms with E-state index in [1.807, 2.05) is 0 Å². The van der Waals surface area contributed by atoms with Crippen molar-refractivity contribution in [3.8, 4) is 0 Å². The van der Waals surface area contributed by atoms with E-state index in [4.69, 9.17) is 18.9 Å². The molecule has 0 aliphatic heterocycles. The average molecular weight is 629 g/mol. The molecule has 16 heteroatoms. The lowest BCUT2D eigenvalue weighted by Gasteiger charge is -2.32. The average Bonchev–Trinajstić information content (AvgIpc) is 2.76. The fourth-order valence-corrected chi connectivity index (χ4v) is 3.30. The van der Waals surface area contributed by atoms with E-state index in [2.05, 4.69) is 0 Å². The zero-order valence-electron chi connectivity index (χ0n) is 23.7. The first kappa shape index (κ1) is 40.1. The molecule has 0 saturated carbocycles. The minimum Gasteiger partial charge on any atom is -0.396 e. The Bertz CT molecular complexity index is 675. The lowest BCUT2D eigenvalue weighted by Crippen LogP contribution is -2.37. The Morgan fingerprint density at radius 3 is 1.02 bits per heavy atom. The first-order valence-corrected chi connectivity index (χ1v) is 12.8. The van der Waals surface area contributed by atoms with Gasteiger partial charge in [0, 0.05) is 29.1 Å². The Morgan fingerprint density at radius 2 is 0.756 bits per heavy atom. The molecule has 0 amide bonds. The zero-order chi connectivity index (χ0) is 32.2. The van der Waals surface area contributed by atoms with Gasteiger partial charge in [0.1, 0.15) is 12.8 Å². The van der Waals surface area contributed by atoms with Crippen molar-refractivity contribution < 1.29 is 73.1 Å². The largest absolute Gasteiger partial charge is 0.396 e. The van der Waals surface area contributed by atoms with Crippen LogP contribution in [0.2, 0.25) is 0 Å². The molecular formula is C25H42F10O6. The Morgan fingerprint density at radius 1 is 0.463 bits per heavy atom. The molecule has 2 unspecified atom stereocenters. The maximum atomic E-state index is 13.4. The molecule has 0 aromatic heterocycles. The molecule has 0 aromatic carbocycles. The second-order valence-corrected chi connectivity index (χ2v) is 12.0. The van der Waals surface area contributed by atoms with Gasteiger partial charge in [-0.25, -0.2) is 17.6 Å². The Kier molecular flexibility index (Phi) is 15.8. The Hall–Kier alpha value is -0.940. The van der Waals surface area contributed by atoms with E-state index >= 15 is 0 Å². The van der Waals surface area contributed by atoms with Gasteiger partial charge in [-0.05, 0) is 0 Å². The van der Waals surface area contributed by atoms with Crippen LogP contribution >= 0.6 is 0 Å². The molecule has 0 rings (SSSR count). The zero-order valence-corrected chi connectivity index (χ0v) is 23.7. The van der Waals surface area contributed by atoms with Crippen LogP contribution in [0.4, 0.5) is 43.9 Å². The van der Waals surface area contributed by atoms with E-state index in [-0.39, 0.29) is 39.6 Å². The summed E-state index contributed by atoms with van der Waals surface area (Å²) in [6.07, 6.45) is -16.8. The molecule has 0 aliphatic carbocycles. The summed E-state index contributed by atoms with van der Waals surface area (Å²) in [7, 11) is 0. The van der Waals surface area contributed by atoms with E-state index in [1.165, 1.54) is 13.8 Å². The van der Waals surface area contributed by atoms with Gasteiger partial charge in [-0.2, -0.15) is 26.3 Å². The van der Waals surface area contributed by atoms with Gasteiger partial charge < -0.3 is 29.2 Å². The van der Waals surface area contributed by atoms with Crippen LogP contribution in [0.3, 0.4) is 0 Å². The maximum Gasteiger partial charge on any atom is 0.394 e. The summed E-state index contributed by atoms with van der Waals surface area (Å²) in [5.41, 5.74) is -2.67. The standard InChI is InChI=1S/C25H42F10O6/c1-19(2,13-40-17-20(3,11-36)15-38-7-5-22(26,27)9-24(30,31)32)14-41-18-21(4,12-37)16-39-8-6-23(28,29)10-25(33,34)35/h36-37H,5-18H2,1-4H3. The van der Waals surface area contributed by atoms with Gasteiger partial charge in [0.05, 0.1) is 66.1 Å². The van der Waals surface area contributed by atoms with Gasteiger partial charge in [-0.1, -0.05) is 27.7 Å². The van der Waals surface area contributed by atoms with Crippen molar-refractivity contribution in [2.75, 3.05) is 66.1 Å². The number of rotatable bonds is 22. The Labute approximate surface area is 233 Å². The molecule has 41 heavy (non-hydrogen) atoms. The lowest BCUT2D eigenvalue weighted by molar-refractivity contribution is -0.194. The van der Waals surface area contributed by atoms with Gasteiger partial charge in [-0.15, -0.1) is 0 Å². The van der Waals surface area contributed by atoms with Crippen molar-refractivity contribution in [2.45, 2.75) is 77.6 Å². The van der Waals surface area contributed by atoms with Crippen molar-refractivity contribution in [2.24, 2.45) is 16.2 Å². The van der Waals surface area contributed by atoms with E-state index < -0.39 is 92.6 Å². The number of aliphatic hydroxyl groups excluding tert-OH is 2. The Balaban J connectivity index is 4.49. The number of alkyl halides is 10. The van der Waals surface area contributed by atoms with Crippen molar-refractivity contribution in [3.05, 3.63) is 0 Å². The minimum atomic E-state index is -5.01. The molecule has 0 fully saturated rings. The molecule has 6 nitrogen and oxygen atoms in total. The molecule has 0 spiro atoms. The van der Waals surface area contributed by atoms with Crippen molar-refractivity contribution in [3.63, 3.8) is 0 Å². The molecule has 0 heterocycles. The van der Waals surface area contributed by atoms with Crippen LogP contribution in [0.5, 0.6) is 0 Å². The topological polar surface area (TPSA) is 77.4 Å². The molecule has 248 valence electrons. The van der Waals surface area contributed by atoms with Gasteiger partial charge in [-0.3, -0.25) is 0 Å². The first-order chi connectivity index (χ1) is 18.4. The molecule has 0 saturated heterocycles. The van der Waals surface area contributed by atoms with Crippen LogP contribution in [0.15, 0.2) is 0 Å². The lowest BCUT2D eigenvalue weighted by atomic mass is 9.92. The van der Waals surface area contributed by atoms with E-state index in [1.54, 1.807) is 13.8 Å². The summed E-state index contributed by atoms with van der Waals surface area (Å²) in [6, 6.07) is 0. The van der Waals surface area contributed by atoms with Crippen LogP contribution in [0, 0.1) is 16.2 Å². The normalized spacial score (nSPS) is 17.0. The van der Waals surface area contributed by atoms with Gasteiger partial charge >= 0.3 is 12.4 Å². The van der Waals surface area contributed by atoms with Gasteiger partial charge in [0.25, 0.3) is 11.8 Å². The number of aliphatic hydroxyl groups is 2. The molecule has 0 radical (unpaired) electrons. The molecule has 0 aromatic rings. The van der Waals surface area contributed by atoms with Crippen LogP contribution in [-0.2, 0) is 18.9 Å². The summed E-state index contributed by atoms with van der Waals surface area (Å²) < 4.78 is 148. The number of hydrogen-bond acceptors (Lipinski definition) is 6. The minimum absolute atomic E-state index is 0.0763. The summed E-state index contributed by atoms with van der Waals surface area (Å²) in [6.45, 7) is 3.91. The first-order valence-electron chi connectivity index (χ1n) is 12.8. The van der Waals surface area contributed by atoms with Crippen LogP contribution in [0.25, 0.3) is 0 Å². The second kappa shape index (κ2) is 16.2. The van der Waals surface area contributed by atoms with E-state index in [0.29, 0.717) is 0 Å². The van der Waals surface area contributed by atoms with E-state index in [0.717, 1.165) is 0 Å².